The van der Waals surface area contributed by atoms with Crippen molar-refractivity contribution in [3.05, 3.63) is 23.4 Å². The fraction of sp³-hybridized carbons (Fsp3) is 0.615. The Labute approximate surface area is 106 Å². The molecule has 0 aromatic rings. The third-order valence-electron chi connectivity index (χ3n) is 3.03. The number of nitrogens with one attached hydrogen (secondary N) is 1. The van der Waals surface area contributed by atoms with Crippen molar-refractivity contribution >= 4 is 6.72 Å². The first-order chi connectivity index (χ1) is 8.43. The number of hydrogen-bond acceptors (Lipinski definition) is 2. The molecule has 1 fully saturated rings. The molecule has 18 heavy (non-hydrogen) atoms. The van der Waals surface area contributed by atoms with Crippen LogP contribution in [0, 0.1) is 5.92 Å². The largest absolute Gasteiger partial charge is 0.417 e. The van der Waals surface area contributed by atoms with E-state index in [9.17, 15) is 13.2 Å². The van der Waals surface area contributed by atoms with Gasteiger partial charge in [-0.25, -0.2) is 0 Å². The van der Waals surface area contributed by atoms with E-state index in [4.69, 9.17) is 0 Å². The number of aliphatic imine (C=N–C) groups is 1. The van der Waals surface area contributed by atoms with E-state index in [1.54, 1.807) is 6.92 Å². The molecule has 0 radical (unpaired) electrons. The molecule has 2 nitrogen and oxygen atoms in total. The number of halogens is 3. The molecule has 0 aromatic carbocycles. The molecule has 102 valence electrons. The molecule has 1 rings (SSSR count). The van der Waals surface area contributed by atoms with E-state index in [-0.39, 0.29) is 0 Å². The monoisotopic (exact) mass is 260 g/mol. The Bertz CT molecular complexity index is 337. The van der Waals surface area contributed by atoms with Crippen LogP contribution in [0.15, 0.2) is 28.4 Å². The number of hydrogen-bond donors (Lipinski definition) is 1. The lowest BCUT2D eigenvalue weighted by molar-refractivity contribution is -0.0884. The average molecular weight is 260 g/mol. The second-order valence-electron chi connectivity index (χ2n) is 4.65. The van der Waals surface area contributed by atoms with Crippen molar-refractivity contribution in [2.45, 2.75) is 32.4 Å². The van der Waals surface area contributed by atoms with Crippen LogP contribution in [0.3, 0.4) is 0 Å². The van der Waals surface area contributed by atoms with Crippen LogP contribution >= 0.6 is 0 Å². The Hall–Kier alpha value is -1.10. The normalized spacial score (nSPS) is 20.0. The summed E-state index contributed by atoms with van der Waals surface area (Å²) in [6.45, 7) is 6.72. The van der Waals surface area contributed by atoms with Gasteiger partial charge in [0.1, 0.15) is 0 Å². The lowest BCUT2D eigenvalue weighted by Crippen LogP contribution is -2.27. The summed E-state index contributed by atoms with van der Waals surface area (Å²) in [6, 6.07) is 0. The molecule has 0 aliphatic carbocycles. The highest BCUT2D eigenvalue weighted by molar-refractivity contribution is 5.32. The van der Waals surface area contributed by atoms with Crippen molar-refractivity contribution in [2.75, 3.05) is 13.1 Å². The molecule has 0 spiro atoms. The first-order valence-corrected chi connectivity index (χ1v) is 6.04. The lowest BCUT2D eigenvalue weighted by Gasteiger charge is -2.23. The second kappa shape index (κ2) is 6.73. The van der Waals surface area contributed by atoms with Crippen LogP contribution in [0.5, 0.6) is 0 Å². The van der Waals surface area contributed by atoms with Crippen LogP contribution in [0.25, 0.3) is 0 Å². The van der Waals surface area contributed by atoms with E-state index >= 15 is 0 Å². The molecule has 1 heterocycles. The summed E-state index contributed by atoms with van der Waals surface area (Å²) in [7, 11) is 0. The Kier molecular flexibility index (Phi) is 5.59. The molecule has 1 saturated heterocycles. The number of rotatable bonds is 4. The number of nitrogens with zero attached hydrogens (tertiary/aromatic N) is 1. The standard InChI is InChI=1S/C13H19F3N2/c1-10(7-11-3-5-18-6-4-11)8-12(9-17-2)13(14,15)16/h8-9,11,18H,2-7H2,1H3/b10-8+,12-9+. The van der Waals surface area contributed by atoms with E-state index in [0.717, 1.165) is 37.7 Å². The smallest absolute Gasteiger partial charge is 0.317 e. The maximum atomic E-state index is 12.6. The first-order valence-electron chi connectivity index (χ1n) is 6.04. The van der Waals surface area contributed by atoms with Crippen molar-refractivity contribution in [3.63, 3.8) is 0 Å². The van der Waals surface area contributed by atoms with Gasteiger partial charge < -0.3 is 5.32 Å². The highest BCUT2D eigenvalue weighted by Crippen LogP contribution is 2.29. The van der Waals surface area contributed by atoms with Gasteiger partial charge in [-0.1, -0.05) is 5.57 Å². The minimum Gasteiger partial charge on any atom is -0.317 e. The van der Waals surface area contributed by atoms with Gasteiger partial charge in [0.2, 0.25) is 0 Å². The minimum absolute atomic E-state index is 0.480. The van der Waals surface area contributed by atoms with E-state index in [0.29, 0.717) is 12.3 Å². The molecule has 0 amide bonds. The summed E-state index contributed by atoms with van der Waals surface area (Å²) < 4.78 is 37.9. The molecule has 0 atom stereocenters. The van der Waals surface area contributed by atoms with Crippen molar-refractivity contribution in [1.82, 2.24) is 5.32 Å². The summed E-state index contributed by atoms with van der Waals surface area (Å²) in [5.74, 6) is 0.480. The molecular formula is C13H19F3N2. The van der Waals surface area contributed by atoms with Crippen molar-refractivity contribution in [3.8, 4) is 0 Å². The highest BCUT2D eigenvalue weighted by atomic mass is 19.4. The highest BCUT2D eigenvalue weighted by Gasteiger charge is 2.32. The lowest BCUT2D eigenvalue weighted by atomic mass is 9.91. The van der Waals surface area contributed by atoms with E-state index in [1.807, 2.05) is 0 Å². The predicted octanol–water partition coefficient (Wildman–Crippen LogP) is 3.47. The van der Waals surface area contributed by atoms with Gasteiger partial charge in [0.15, 0.2) is 0 Å². The van der Waals surface area contributed by atoms with Crippen molar-refractivity contribution in [2.24, 2.45) is 10.9 Å². The van der Waals surface area contributed by atoms with Gasteiger partial charge in [-0.2, -0.15) is 13.2 Å². The summed E-state index contributed by atoms with van der Waals surface area (Å²) >= 11 is 0. The molecular weight excluding hydrogens is 241 g/mol. The number of alkyl halides is 3. The van der Waals surface area contributed by atoms with E-state index in [2.05, 4.69) is 17.0 Å². The summed E-state index contributed by atoms with van der Waals surface area (Å²) in [6.07, 6.45) is 0.345. The zero-order chi connectivity index (χ0) is 13.6. The van der Waals surface area contributed by atoms with Crippen molar-refractivity contribution < 1.29 is 13.2 Å². The van der Waals surface area contributed by atoms with E-state index in [1.165, 1.54) is 6.08 Å². The molecule has 1 N–H and O–H groups in total. The van der Waals surface area contributed by atoms with Crippen LogP contribution in [0.1, 0.15) is 26.2 Å². The van der Waals surface area contributed by atoms with Crippen LogP contribution in [0.4, 0.5) is 13.2 Å². The molecule has 5 heteroatoms. The summed E-state index contributed by atoms with van der Waals surface area (Å²) in [5, 5.41) is 3.24. The van der Waals surface area contributed by atoms with Crippen LogP contribution in [0.2, 0.25) is 0 Å². The predicted molar refractivity (Wildman–Crippen MR) is 67.7 cm³/mol. The van der Waals surface area contributed by atoms with Gasteiger partial charge in [-0.3, -0.25) is 4.99 Å². The minimum atomic E-state index is -4.36. The Morgan fingerprint density at radius 1 is 1.39 bits per heavy atom. The Morgan fingerprint density at radius 2 is 2.00 bits per heavy atom. The first kappa shape index (κ1) is 15.0. The summed E-state index contributed by atoms with van der Waals surface area (Å²) in [5.41, 5.74) is 0.0121. The zero-order valence-corrected chi connectivity index (χ0v) is 10.6. The van der Waals surface area contributed by atoms with Gasteiger partial charge in [0.05, 0.1) is 5.57 Å². The quantitative estimate of drug-likeness (QED) is 0.607. The molecule has 0 aromatic heterocycles. The van der Waals surface area contributed by atoms with Gasteiger partial charge in [0, 0.05) is 6.20 Å². The number of piperidine rings is 1. The molecule has 0 bridgehead atoms. The van der Waals surface area contributed by atoms with Crippen molar-refractivity contribution in [1.29, 1.82) is 0 Å². The van der Waals surface area contributed by atoms with Gasteiger partial charge in [-0.15, -0.1) is 0 Å². The molecule has 1 aliphatic heterocycles. The number of allylic oxidation sites excluding steroid dienone is 3. The SMILES string of the molecule is C=N/C=C(\C=C(/C)CC1CCNCC1)C(F)(F)F. The zero-order valence-electron chi connectivity index (χ0n) is 10.6. The fourth-order valence-electron chi connectivity index (χ4n) is 2.16. The maximum absolute atomic E-state index is 12.6. The van der Waals surface area contributed by atoms with Gasteiger partial charge >= 0.3 is 6.18 Å². The van der Waals surface area contributed by atoms with E-state index < -0.39 is 11.7 Å². The molecule has 1 aliphatic rings. The fourth-order valence-corrected chi connectivity index (χ4v) is 2.16. The van der Waals surface area contributed by atoms with Gasteiger partial charge in [0.25, 0.3) is 0 Å². The van der Waals surface area contributed by atoms with Crippen LogP contribution < -0.4 is 5.32 Å². The maximum Gasteiger partial charge on any atom is 0.417 e. The van der Waals surface area contributed by atoms with Crippen LogP contribution in [-0.4, -0.2) is 26.0 Å². The summed E-state index contributed by atoms with van der Waals surface area (Å²) in [4.78, 5) is 3.22. The molecule has 0 unspecified atom stereocenters. The molecule has 0 saturated carbocycles. The second-order valence-corrected chi connectivity index (χ2v) is 4.65. The topological polar surface area (TPSA) is 24.4 Å². The average Bonchev–Trinajstić information content (AvgIpc) is 2.28. The Balaban J connectivity index is 2.67. The Morgan fingerprint density at radius 3 is 2.50 bits per heavy atom. The third-order valence-corrected chi connectivity index (χ3v) is 3.03. The van der Waals surface area contributed by atoms with Crippen LogP contribution in [-0.2, 0) is 0 Å². The third kappa shape index (κ3) is 5.04. The van der Waals surface area contributed by atoms with Gasteiger partial charge in [-0.05, 0) is 58.0 Å².